The Morgan fingerprint density at radius 1 is 1.38 bits per heavy atom. The molecule has 1 aliphatic rings. The molecule has 1 aromatic rings. The molecule has 0 aromatic heterocycles. The highest BCUT2D eigenvalue weighted by Crippen LogP contribution is 2.35. The zero-order valence-corrected chi connectivity index (χ0v) is 8.08. The summed E-state index contributed by atoms with van der Waals surface area (Å²) in [6, 6.07) is 3.12. The molecule has 1 N–H and O–H groups in total. The summed E-state index contributed by atoms with van der Waals surface area (Å²) >= 11 is 0. The molecule has 86 valence electrons. The summed E-state index contributed by atoms with van der Waals surface area (Å²) in [6.07, 6.45) is -5.20. The fraction of sp³-hybridized carbons (Fsp3) is 0.300. The van der Waals surface area contributed by atoms with Gasteiger partial charge in [-0.1, -0.05) is 0 Å². The van der Waals surface area contributed by atoms with Crippen molar-refractivity contribution in [2.75, 3.05) is 11.4 Å². The number of rotatable bonds is 0. The van der Waals surface area contributed by atoms with Gasteiger partial charge >= 0.3 is 12.3 Å². The van der Waals surface area contributed by atoms with Crippen LogP contribution in [0.4, 0.5) is 23.7 Å². The zero-order chi connectivity index (χ0) is 11.9. The maximum atomic E-state index is 12.4. The first-order valence-corrected chi connectivity index (χ1v) is 4.60. The molecular weight excluding hydrogens is 223 g/mol. The lowest BCUT2D eigenvalue weighted by molar-refractivity contribution is -0.137. The molecule has 0 spiro atoms. The predicted octanol–water partition coefficient (Wildman–Crippen LogP) is 2.75. The van der Waals surface area contributed by atoms with Crippen molar-refractivity contribution in [1.82, 2.24) is 0 Å². The van der Waals surface area contributed by atoms with Crippen LogP contribution in [0.2, 0.25) is 0 Å². The smallest absolute Gasteiger partial charge is 0.416 e. The number of nitrogens with zero attached hydrogens (tertiary/aromatic N) is 1. The van der Waals surface area contributed by atoms with Crippen LogP contribution < -0.4 is 4.90 Å². The van der Waals surface area contributed by atoms with Crippen molar-refractivity contribution in [3.8, 4) is 0 Å². The summed E-state index contributed by atoms with van der Waals surface area (Å²) in [5.41, 5.74) is 0.0382. The van der Waals surface area contributed by atoms with Gasteiger partial charge < -0.3 is 5.11 Å². The highest BCUT2D eigenvalue weighted by Gasteiger charge is 2.33. The van der Waals surface area contributed by atoms with Gasteiger partial charge in [0.05, 0.1) is 11.3 Å². The Labute approximate surface area is 89.1 Å². The number of amides is 1. The molecule has 0 saturated heterocycles. The van der Waals surface area contributed by atoms with Crippen molar-refractivity contribution in [3.63, 3.8) is 0 Å². The molecule has 0 saturated carbocycles. The first-order chi connectivity index (χ1) is 7.39. The third-order valence-corrected chi connectivity index (χ3v) is 2.53. The second-order valence-electron chi connectivity index (χ2n) is 3.53. The lowest BCUT2D eigenvalue weighted by atomic mass is 10.1. The van der Waals surface area contributed by atoms with Crippen molar-refractivity contribution in [3.05, 3.63) is 29.3 Å². The molecule has 0 aliphatic carbocycles. The average Bonchev–Trinajstić information content (AvgIpc) is 2.58. The maximum Gasteiger partial charge on any atom is 0.416 e. The van der Waals surface area contributed by atoms with E-state index >= 15 is 0 Å². The van der Waals surface area contributed by atoms with Gasteiger partial charge in [-0.25, -0.2) is 4.79 Å². The average molecular weight is 231 g/mol. The summed E-state index contributed by atoms with van der Waals surface area (Å²) in [4.78, 5) is 11.8. The van der Waals surface area contributed by atoms with Crippen LogP contribution in [0.15, 0.2) is 18.2 Å². The van der Waals surface area contributed by atoms with Crippen LogP contribution in [0, 0.1) is 0 Å². The van der Waals surface area contributed by atoms with Gasteiger partial charge in [-0.15, -0.1) is 0 Å². The standard InChI is InChI=1S/C10H8F3NO2/c11-10(12,13)7-1-2-8-6(5-7)3-4-14(8)9(15)16/h1-2,5H,3-4H2,(H,15,16). The van der Waals surface area contributed by atoms with E-state index in [0.29, 0.717) is 17.7 Å². The minimum absolute atomic E-state index is 0.214. The van der Waals surface area contributed by atoms with E-state index in [0.717, 1.165) is 17.0 Å². The molecule has 1 heterocycles. The van der Waals surface area contributed by atoms with Gasteiger partial charge in [0.15, 0.2) is 0 Å². The molecule has 0 atom stereocenters. The SMILES string of the molecule is O=C(O)N1CCc2cc(C(F)(F)F)ccc21. The fourth-order valence-corrected chi connectivity index (χ4v) is 1.78. The molecule has 1 aliphatic heterocycles. The van der Waals surface area contributed by atoms with Crippen LogP contribution in [-0.2, 0) is 12.6 Å². The lowest BCUT2D eigenvalue weighted by Gasteiger charge is -2.13. The Morgan fingerprint density at radius 2 is 2.06 bits per heavy atom. The number of carbonyl (C=O) groups is 1. The topological polar surface area (TPSA) is 40.5 Å². The Kier molecular flexibility index (Phi) is 2.29. The quantitative estimate of drug-likeness (QED) is 0.745. The molecule has 16 heavy (non-hydrogen) atoms. The van der Waals surface area contributed by atoms with Crippen molar-refractivity contribution in [2.45, 2.75) is 12.6 Å². The summed E-state index contributed by atoms with van der Waals surface area (Å²) in [7, 11) is 0. The molecule has 6 heteroatoms. The molecule has 0 fully saturated rings. The first kappa shape index (κ1) is 10.8. The van der Waals surface area contributed by atoms with Crippen molar-refractivity contribution in [1.29, 1.82) is 0 Å². The van der Waals surface area contributed by atoms with Gasteiger partial charge in [-0.05, 0) is 30.2 Å². The van der Waals surface area contributed by atoms with Gasteiger partial charge in [0.2, 0.25) is 0 Å². The Morgan fingerprint density at radius 3 is 2.62 bits per heavy atom. The van der Waals surface area contributed by atoms with E-state index in [9.17, 15) is 18.0 Å². The van der Waals surface area contributed by atoms with Crippen LogP contribution in [0.1, 0.15) is 11.1 Å². The van der Waals surface area contributed by atoms with Crippen LogP contribution in [-0.4, -0.2) is 17.7 Å². The lowest BCUT2D eigenvalue weighted by Crippen LogP contribution is -2.26. The second-order valence-corrected chi connectivity index (χ2v) is 3.53. The summed E-state index contributed by atoms with van der Waals surface area (Å²) in [5, 5.41) is 8.79. The van der Waals surface area contributed by atoms with Crippen LogP contribution in [0.5, 0.6) is 0 Å². The molecule has 3 nitrogen and oxygen atoms in total. The van der Waals surface area contributed by atoms with E-state index in [1.54, 1.807) is 0 Å². The van der Waals surface area contributed by atoms with Crippen molar-refractivity contribution in [2.24, 2.45) is 0 Å². The van der Waals surface area contributed by atoms with Gasteiger partial charge in [0, 0.05) is 6.54 Å². The van der Waals surface area contributed by atoms with E-state index in [2.05, 4.69) is 0 Å². The van der Waals surface area contributed by atoms with E-state index in [4.69, 9.17) is 5.11 Å². The van der Waals surface area contributed by atoms with Crippen LogP contribution in [0.3, 0.4) is 0 Å². The number of halogens is 3. The van der Waals surface area contributed by atoms with Crippen LogP contribution >= 0.6 is 0 Å². The monoisotopic (exact) mass is 231 g/mol. The van der Waals surface area contributed by atoms with Gasteiger partial charge in [0.25, 0.3) is 0 Å². The number of fused-ring (bicyclic) bond motifs is 1. The number of hydrogen-bond acceptors (Lipinski definition) is 1. The fourth-order valence-electron chi connectivity index (χ4n) is 1.78. The van der Waals surface area contributed by atoms with E-state index in [1.165, 1.54) is 6.07 Å². The van der Waals surface area contributed by atoms with E-state index in [-0.39, 0.29) is 6.54 Å². The van der Waals surface area contributed by atoms with Gasteiger partial charge in [-0.2, -0.15) is 13.2 Å². The highest BCUT2D eigenvalue weighted by atomic mass is 19.4. The minimum Gasteiger partial charge on any atom is -0.465 e. The number of carboxylic acid groups (broad SMARTS) is 1. The van der Waals surface area contributed by atoms with Crippen molar-refractivity contribution < 1.29 is 23.1 Å². The maximum absolute atomic E-state index is 12.4. The molecule has 0 bridgehead atoms. The van der Waals surface area contributed by atoms with Gasteiger partial charge in [-0.3, -0.25) is 4.90 Å². The van der Waals surface area contributed by atoms with E-state index in [1.807, 2.05) is 0 Å². The second kappa shape index (κ2) is 3.40. The zero-order valence-electron chi connectivity index (χ0n) is 8.08. The third kappa shape index (κ3) is 1.70. The molecular formula is C10H8F3NO2. The van der Waals surface area contributed by atoms with Gasteiger partial charge in [0.1, 0.15) is 0 Å². The number of hydrogen-bond donors (Lipinski definition) is 1. The van der Waals surface area contributed by atoms with Crippen molar-refractivity contribution >= 4 is 11.8 Å². The minimum atomic E-state index is -4.38. The summed E-state index contributed by atoms with van der Waals surface area (Å²) < 4.78 is 37.1. The number of benzene rings is 1. The largest absolute Gasteiger partial charge is 0.465 e. The summed E-state index contributed by atoms with van der Waals surface area (Å²) in [6.45, 7) is 0.214. The third-order valence-electron chi connectivity index (χ3n) is 2.53. The normalized spacial score (nSPS) is 15.1. The highest BCUT2D eigenvalue weighted by molar-refractivity contribution is 5.88. The molecule has 2 rings (SSSR count). The molecule has 1 aromatic carbocycles. The Bertz CT molecular complexity index is 442. The molecule has 0 radical (unpaired) electrons. The predicted molar refractivity (Wildman–Crippen MR) is 50.5 cm³/mol. The number of anilines is 1. The first-order valence-electron chi connectivity index (χ1n) is 4.60. The Balaban J connectivity index is 2.40. The summed E-state index contributed by atoms with van der Waals surface area (Å²) in [5.74, 6) is 0. The molecule has 0 unspecified atom stereocenters. The Hall–Kier alpha value is -1.72. The molecule has 1 amide bonds. The van der Waals surface area contributed by atoms with E-state index < -0.39 is 17.8 Å². The van der Waals surface area contributed by atoms with Crippen LogP contribution in [0.25, 0.3) is 0 Å². The number of alkyl halides is 3.